The first kappa shape index (κ1) is 16.0. The second-order valence-corrected chi connectivity index (χ2v) is 5.06. The molecule has 5 heteroatoms. The first-order chi connectivity index (χ1) is 8.65. The summed E-state index contributed by atoms with van der Waals surface area (Å²) in [5, 5.41) is 2.90. The molecule has 0 bridgehead atoms. The second-order valence-electron chi connectivity index (χ2n) is 5.06. The van der Waals surface area contributed by atoms with Gasteiger partial charge in [0.2, 0.25) is 5.91 Å². The van der Waals surface area contributed by atoms with E-state index >= 15 is 0 Å². The topological polar surface area (TPSA) is 58.4 Å². The van der Waals surface area contributed by atoms with Gasteiger partial charge < -0.3 is 11.1 Å². The van der Waals surface area contributed by atoms with Crippen LogP contribution in [0, 0.1) is 5.92 Å². The van der Waals surface area contributed by atoms with Crippen molar-refractivity contribution in [3.8, 4) is 0 Å². The number of rotatable bonds is 4. The zero-order chi connectivity index (χ0) is 13.0. The lowest BCUT2D eigenvalue weighted by atomic mass is 10.0. The number of benzene rings is 1. The molecule has 4 nitrogen and oxygen atoms in total. The van der Waals surface area contributed by atoms with E-state index in [0.29, 0.717) is 12.5 Å². The highest BCUT2D eigenvalue weighted by Crippen LogP contribution is 2.18. The smallest absolute Gasteiger partial charge is 0.238 e. The van der Waals surface area contributed by atoms with Crippen LogP contribution in [0.15, 0.2) is 30.3 Å². The standard InChI is InChI=1S/C14H21N3O.ClH/c1-11(15)12-7-8-17(9-12)10-14(18)16-13-5-3-2-4-6-13;/h2-6,11-12H,7-10,15H2,1H3,(H,16,18);1H. The number of para-hydroxylation sites is 1. The molecule has 2 unspecified atom stereocenters. The highest BCUT2D eigenvalue weighted by atomic mass is 35.5. The fraction of sp³-hybridized carbons (Fsp3) is 0.500. The molecular formula is C14H22ClN3O. The summed E-state index contributed by atoms with van der Waals surface area (Å²) in [6, 6.07) is 9.77. The van der Waals surface area contributed by atoms with Gasteiger partial charge in [-0.3, -0.25) is 9.69 Å². The van der Waals surface area contributed by atoms with Crippen molar-refractivity contribution in [2.45, 2.75) is 19.4 Å². The van der Waals surface area contributed by atoms with E-state index in [2.05, 4.69) is 10.2 Å². The minimum absolute atomic E-state index is 0. The number of nitrogens with two attached hydrogens (primary N) is 1. The van der Waals surface area contributed by atoms with Gasteiger partial charge in [0.25, 0.3) is 0 Å². The highest BCUT2D eigenvalue weighted by molar-refractivity contribution is 5.92. The van der Waals surface area contributed by atoms with Crippen molar-refractivity contribution in [3.63, 3.8) is 0 Å². The van der Waals surface area contributed by atoms with Crippen LogP contribution in [-0.2, 0) is 4.79 Å². The summed E-state index contributed by atoms with van der Waals surface area (Å²) in [4.78, 5) is 14.0. The van der Waals surface area contributed by atoms with Crippen molar-refractivity contribution >= 4 is 24.0 Å². The van der Waals surface area contributed by atoms with Gasteiger partial charge in [-0.25, -0.2) is 0 Å². The molecule has 2 atom stereocenters. The molecule has 1 fully saturated rings. The summed E-state index contributed by atoms with van der Waals surface area (Å²) in [6.45, 7) is 4.39. The predicted octanol–water partition coefficient (Wildman–Crippen LogP) is 1.72. The van der Waals surface area contributed by atoms with Gasteiger partial charge in [-0.05, 0) is 37.9 Å². The minimum atomic E-state index is 0. The molecule has 0 saturated carbocycles. The van der Waals surface area contributed by atoms with Crippen molar-refractivity contribution < 1.29 is 4.79 Å². The zero-order valence-corrected chi connectivity index (χ0v) is 12.0. The summed E-state index contributed by atoms with van der Waals surface area (Å²) in [6.07, 6.45) is 1.09. The molecule has 1 aromatic carbocycles. The molecule has 0 spiro atoms. The third-order valence-electron chi connectivity index (χ3n) is 3.48. The van der Waals surface area contributed by atoms with E-state index in [1.54, 1.807) is 0 Å². The van der Waals surface area contributed by atoms with Crippen LogP contribution in [-0.4, -0.2) is 36.5 Å². The van der Waals surface area contributed by atoms with Crippen molar-refractivity contribution in [2.75, 3.05) is 25.0 Å². The van der Waals surface area contributed by atoms with Crippen molar-refractivity contribution in [1.29, 1.82) is 0 Å². The van der Waals surface area contributed by atoms with Gasteiger partial charge in [0, 0.05) is 18.3 Å². The summed E-state index contributed by atoms with van der Waals surface area (Å²) in [5.74, 6) is 0.570. The average molecular weight is 284 g/mol. The maximum absolute atomic E-state index is 11.9. The Morgan fingerprint density at radius 1 is 1.47 bits per heavy atom. The number of hydrogen-bond acceptors (Lipinski definition) is 3. The maximum atomic E-state index is 11.9. The van der Waals surface area contributed by atoms with Crippen molar-refractivity contribution in [1.82, 2.24) is 4.90 Å². The average Bonchev–Trinajstić information content (AvgIpc) is 2.78. The molecule has 1 aliphatic heterocycles. The van der Waals surface area contributed by atoms with E-state index in [9.17, 15) is 4.79 Å². The van der Waals surface area contributed by atoms with E-state index in [0.717, 1.165) is 25.2 Å². The summed E-state index contributed by atoms with van der Waals surface area (Å²) in [7, 11) is 0. The fourth-order valence-corrected chi connectivity index (χ4v) is 2.36. The number of likely N-dealkylation sites (tertiary alicyclic amines) is 1. The molecule has 1 amide bonds. The van der Waals surface area contributed by atoms with Gasteiger partial charge >= 0.3 is 0 Å². The van der Waals surface area contributed by atoms with Crippen LogP contribution in [0.3, 0.4) is 0 Å². The Morgan fingerprint density at radius 3 is 2.74 bits per heavy atom. The third-order valence-corrected chi connectivity index (χ3v) is 3.48. The number of anilines is 1. The molecule has 0 aromatic heterocycles. The number of nitrogens with zero attached hydrogens (tertiary/aromatic N) is 1. The molecule has 19 heavy (non-hydrogen) atoms. The lowest BCUT2D eigenvalue weighted by Gasteiger charge is -2.17. The normalized spacial score (nSPS) is 20.6. The molecule has 3 N–H and O–H groups in total. The molecule has 0 aliphatic carbocycles. The highest BCUT2D eigenvalue weighted by Gasteiger charge is 2.26. The van der Waals surface area contributed by atoms with E-state index in [1.165, 1.54) is 0 Å². The Kier molecular flexibility index (Phi) is 6.28. The summed E-state index contributed by atoms with van der Waals surface area (Å²) >= 11 is 0. The Bertz CT molecular complexity index is 397. The monoisotopic (exact) mass is 283 g/mol. The van der Waals surface area contributed by atoms with Crippen LogP contribution in [0.1, 0.15) is 13.3 Å². The van der Waals surface area contributed by atoms with E-state index in [4.69, 9.17) is 5.73 Å². The first-order valence-electron chi connectivity index (χ1n) is 6.48. The van der Waals surface area contributed by atoms with Gasteiger partial charge in [-0.15, -0.1) is 12.4 Å². The molecule has 0 radical (unpaired) electrons. The number of carbonyl (C=O) groups is 1. The largest absolute Gasteiger partial charge is 0.328 e. The van der Waals surface area contributed by atoms with Gasteiger partial charge in [0.15, 0.2) is 0 Å². The first-order valence-corrected chi connectivity index (χ1v) is 6.48. The summed E-state index contributed by atoms with van der Waals surface area (Å²) < 4.78 is 0. The van der Waals surface area contributed by atoms with Crippen LogP contribution in [0.4, 0.5) is 5.69 Å². The minimum Gasteiger partial charge on any atom is -0.328 e. The Labute approximate surface area is 120 Å². The SMILES string of the molecule is CC(N)C1CCN(CC(=O)Nc2ccccc2)C1.Cl. The number of hydrogen-bond donors (Lipinski definition) is 2. The van der Waals surface area contributed by atoms with Gasteiger partial charge in [-0.1, -0.05) is 18.2 Å². The molecule has 1 heterocycles. The number of carbonyl (C=O) groups excluding carboxylic acids is 1. The quantitative estimate of drug-likeness (QED) is 0.885. The number of halogens is 1. The van der Waals surface area contributed by atoms with Gasteiger partial charge in [-0.2, -0.15) is 0 Å². The maximum Gasteiger partial charge on any atom is 0.238 e. The fourth-order valence-electron chi connectivity index (χ4n) is 2.36. The van der Waals surface area contributed by atoms with E-state index in [1.807, 2.05) is 37.3 Å². The van der Waals surface area contributed by atoms with Crippen LogP contribution < -0.4 is 11.1 Å². The molecular weight excluding hydrogens is 262 g/mol. The lowest BCUT2D eigenvalue weighted by Crippen LogP contribution is -2.34. The number of amides is 1. The lowest BCUT2D eigenvalue weighted by molar-refractivity contribution is -0.117. The second kappa shape index (κ2) is 7.48. The van der Waals surface area contributed by atoms with E-state index in [-0.39, 0.29) is 24.4 Å². The number of nitrogens with one attached hydrogen (secondary N) is 1. The van der Waals surface area contributed by atoms with Gasteiger partial charge in [0.05, 0.1) is 6.54 Å². The summed E-state index contributed by atoms with van der Waals surface area (Å²) in [5.41, 5.74) is 6.74. The predicted molar refractivity (Wildman–Crippen MR) is 80.5 cm³/mol. The van der Waals surface area contributed by atoms with E-state index < -0.39 is 0 Å². The Balaban J connectivity index is 0.00000180. The van der Waals surface area contributed by atoms with Crippen LogP contribution in [0.25, 0.3) is 0 Å². The van der Waals surface area contributed by atoms with Crippen LogP contribution in [0.5, 0.6) is 0 Å². The molecule has 1 aliphatic rings. The molecule has 2 rings (SSSR count). The van der Waals surface area contributed by atoms with Crippen molar-refractivity contribution in [3.05, 3.63) is 30.3 Å². The van der Waals surface area contributed by atoms with Crippen LogP contribution in [0.2, 0.25) is 0 Å². The van der Waals surface area contributed by atoms with Crippen molar-refractivity contribution in [2.24, 2.45) is 11.7 Å². The molecule has 1 saturated heterocycles. The Morgan fingerprint density at radius 2 is 2.16 bits per heavy atom. The zero-order valence-electron chi connectivity index (χ0n) is 11.2. The Hall–Kier alpha value is -1.10. The molecule has 1 aromatic rings. The third kappa shape index (κ3) is 4.82. The van der Waals surface area contributed by atoms with Gasteiger partial charge in [0.1, 0.15) is 0 Å². The van der Waals surface area contributed by atoms with Crippen LogP contribution >= 0.6 is 12.4 Å². The molecule has 106 valence electrons.